The molecule has 3 amide bonds. The molecule has 1 saturated heterocycles. The molecule has 15 heavy (non-hydrogen) atoms. The summed E-state index contributed by atoms with van der Waals surface area (Å²) in [6.45, 7) is 7.68. The van der Waals surface area contributed by atoms with Crippen LogP contribution in [0, 0.1) is 0 Å². The van der Waals surface area contributed by atoms with Gasteiger partial charge in [-0.15, -0.1) is 0 Å². The fourth-order valence-electron chi connectivity index (χ4n) is 1.77. The van der Waals surface area contributed by atoms with Gasteiger partial charge in [0.25, 0.3) is 5.91 Å². The summed E-state index contributed by atoms with van der Waals surface area (Å²) < 4.78 is 0. The molecule has 1 rings (SSSR count). The van der Waals surface area contributed by atoms with E-state index in [2.05, 4.69) is 12.2 Å². The quantitative estimate of drug-likeness (QED) is 0.726. The van der Waals surface area contributed by atoms with Crippen LogP contribution in [0.4, 0.5) is 4.79 Å². The van der Waals surface area contributed by atoms with E-state index in [0.717, 1.165) is 19.3 Å². The fraction of sp³-hybridized carbons (Fsp3) is 0.818. The van der Waals surface area contributed by atoms with E-state index in [4.69, 9.17) is 0 Å². The highest BCUT2D eigenvalue weighted by atomic mass is 16.2. The zero-order valence-corrected chi connectivity index (χ0v) is 9.96. The van der Waals surface area contributed by atoms with Crippen LogP contribution < -0.4 is 5.32 Å². The largest absolute Gasteiger partial charge is 0.326 e. The maximum absolute atomic E-state index is 11.9. The predicted octanol–water partition coefficient (Wildman–Crippen LogP) is 1.90. The molecule has 1 fully saturated rings. The van der Waals surface area contributed by atoms with Crippen LogP contribution in [-0.2, 0) is 4.79 Å². The normalized spacial score (nSPS) is 22.1. The average Bonchev–Trinajstić information content (AvgIpc) is 2.36. The Labute approximate surface area is 91.0 Å². The summed E-state index contributed by atoms with van der Waals surface area (Å²) in [6.07, 6.45) is 2.75. The second-order valence-corrected chi connectivity index (χ2v) is 4.99. The van der Waals surface area contributed by atoms with Gasteiger partial charge in [-0.05, 0) is 27.2 Å². The van der Waals surface area contributed by atoms with Crippen LogP contribution in [-0.4, -0.2) is 28.4 Å². The second-order valence-electron chi connectivity index (χ2n) is 4.99. The predicted molar refractivity (Wildman–Crippen MR) is 58.4 cm³/mol. The Balaban J connectivity index is 2.71. The van der Waals surface area contributed by atoms with Crippen molar-refractivity contribution in [1.29, 1.82) is 0 Å². The summed E-state index contributed by atoms with van der Waals surface area (Å²) in [7, 11) is 0. The Kier molecular flexibility index (Phi) is 3.37. The number of amides is 3. The molecule has 0 aromatic carbocycles. The summed E-state index contributed by atoms with van der Waals surface area (Å²) in [5, 5.41) is 2.73. The van der Waals surface area contributed by atoms with E-state index in [1.807, 2.05) is 20.8 Å². The van der Waals surface area contributed by atoms with Gasteiger partial charge in [0.1, 0.15) is 6.04 Å². The lowest BCUT2D eigenvalue weighted by Crippen LogP contribution is -2.46. The highest BCUT2D eigenvalue weighted by Gasteiger charge is 2.43. The molecule has 1 N–H and O–H groups in total. The number of unbranched alkanes of at least 4 members (excludes halogenated alkanes) is 1. The Morgan fingerprint density at radius 2 is 1.93 bits per heavy atom. The van der Waals surface area contributed by atoms with Crippen molar-refractivity contribution >= 4 is 11.9 Å². The van der Waals surface area contributed by atoms with E-state index < -0.39 is 5.54 Å². The van der Waals surface area contributed by atoms with E-state index in [1.54, 1.807) is 0 Å². The van der Waals surface area contributed by atoms with Gasteiger partial charge in [-0.2, -0.15) is 0 Å². The molecule has 0 saturated carbocycles. The molecule has 0 aliphatic carbocycles. The third-order valence-corrected chi connectivity index (χ3v) is 2.54. The lowest BCUT2D eigenvalue weighted by molar-refractivity contribution is -0.130. The van der Waals surface area contributed by atoms with Crippen LogP contribution >= 0.6 is 0 Å². The fourth-order valence-corrected chi connectivity index (χ4v) is 1.77. The molecule has 0 aromatic rings. The average molecular weight is 212 g/mol. The van der Waals surface area contributed by atoms with Gasteiger partial charge in [0, 0.05) is 5.54 Å². The summed E-state index contributed by atoms with van der Waals surface area (Å²) in [5.74, 6) is -0.0825. The highest BCUT2D eigenvalue weighted by Crippen LogP contribution is 2.21. The zero-order chi connectivity index (χ0) is 11.6. The summed E-state index contributed by atoms with van der Waals surface area (Å²) >= 11 is 0. The third-order valence-electron chi connectivity index (χ3n) is 2.54. The molecule has 0 bridgehead atoms. The Morgan fingerprint density at radius 1 is 1.33 bits per heavy atom. The number of carbonyl (C=O) groups is 2. The number of rotatable bonds is 3. The molecule has 1 unspecified atom stereocenters. The van der Waals surface area contributed by atoms with Crippen LogP contribution in [0.1, 0.15) is 47.0 Å². The van der Waals surface area contributed by atoms with Gasteiger partial charge >= 0.3 is 6.03 Å². The van der Waals surface area contributed by atoms with Crippen LogP contribution in [0.5, 0.6) is 0 Å². The van der Waals surface area contributed by atoms with E-state index in [9.17, 15) is 9.59 Å². The first-order chi connectivity index (χ1) is 6.88. The van der Waals surface area contributed by atoms with Crippen molar-refractivity contribution in [1.82, 2.24) is 10.2 Å². The van der Waals surface area contributed by atoms with Gasteiger partial charge < -0.3 is 5.32 Å². The first-order valence-corrected chi connectivity index (χ1v) is 5.52. The topological polar surface area (TPSA) is 49.4 Å². The Hall–Kier alpha value is -1.06. The maximum atomic E-state index is 11.9. The van der Waals surface area contributed by atoms with Crippen molar-refractivity contribution in [2.45, 2.75) is 58.5 Å². The number of hydrogen-bond donors (Lipinski definition) is 1. The van der Waals surface area contributed by atoms with Gasteiger partial charge in [0.05, 0.1) is 0 Å². The third kappa shape index (κ3) is 2.49. The first kappa shape index (κ1) is 12.0. The lowest BCUT2D eigenvalue weighted by Gasteiger charge is -2.28. The minimum atomic E-state index is -0.428. The van der Waals surface area contributed by atoms with Crippen LogP contribution in [0.2, 0.25) is 0 Å². The minimum absolute atomic E-state index is 0.0825. The molecule has 1 heterocycles. The molecular formula is C11H20N2O2. The van der Waals surface area contributed by atoms with Crippen molar-refractivity contribution in [2.24, 2.45) is 0 Å². The Bertz CT molecular complexity index is 268. The highest BCUT2D eigenvalue weighted by molar-refractivity contribution is 6.04. The van der Waals surface area contributed by atoms with Gasteiger partial charge in [0.2, 0.25) is 0 Å². The molecule has 4 nitrogen and oxygen atoms in total. The standard InChI is InChI=1S/C11H20N2O2/c1-5-6-7-8-9(14)13(10(15)12-8)11(2,3)4/h8H,5-7H2,1-4H3,(H,12,15). The van der Waals surface area contributed by atoms with Crippen molar-refractivity contribution in [3.05, 3.63) is 0 Å². The first-order valence-electron chi connectivity index (χ1n) is 5.52. The Morgan fingerprint density at radius 3 is 2.33 bits per heavy atom. The van der Waals surface area contributed by atoms with Crippen molar-refractivity contribution in [3.63, 3.8) is 0 Å². The molecule has 0 spiro atoms. The van der Waals surface area contributed by atoms with Crippen molar-refractivity contribution < 1.29 is 9.59 Å². The number of hydrogen-bond acceptors (Lipinski definition) is 2. The maximum Gasteiger partial charge on any atom is 0.325 e. The van der Waals surface area contributed by atoms with E-state index in [0.29, 0.717) is 0 Å². The molecule has 0 aromatic heterocycles. The van der Waals surface area contributed by atoms with Gasteiger partial charge in [-0.25, -0.2) is 4.79 Å². The number of carbonyl (C=O) groups excluding carboxylic acids is 2. The van der Waals surface area contributed by atoms with E-state index in [1.165, 1.54) is 4.90 Å². The van der Waals surface area contributed by atoms with Crippen LogP contribution in [0.3, 0.4) is 0 Å². The van der Waals surface area contributed by atoms with Gasteiger partial charge in [0.15, 0.2) is 0 Å². The summed E-state index contributed by atoms with van der Waals surface area (Å²) in [4.78, 5) is 24.8. The van der Waals surface area contributed by atoms with Gasteiger partial charge in [-0.1, -0.05) is 19.8 Å². The summed E-state index contributed by atoms with van der Waals surface area (Å²) in [5.41, 5.74) is -0.428. The molecular weight excluding hydrogens is 192 g/mol. The molecule has 1 atom stereocenters. The SMILES string of the molecule is CCCCC1NC(=O)N(C(C)(C)C)C1=O. The molecule has 1 aliphatic rings. The van der Waals surface area contributed by atoms with E-state index >= 15 is 0 Å². The molecule has 86 valence electrons. The zero-order valence-electron chi connectivity index (χ0n) is 9.96. The number of urea groups is 1. The van der Waals surface area contributed by atoms with E-state index in [-0.39, 0.29) is 18.0 Å². The minimum Gasteiger partial charge on any atom is -0.326 e. The lowest BCUT2D eigenvalue weighted by atomic mass is 10.1. The van der Waals surface area contributed by atoms with Crippen molar-refractivity contribution in [3.8, 4) is 0 Å². The number of nitrogens with one attached hydrogen (secondary N) is 1. The summed E-state index contributed by atoms with van der Waals surface area (Å²) in [6, 6.07) is -0.565. The number of imide groups is 1. The molecule has 0 radical (unpaired) electrons. The monoisotopic (exact) mass is 212 g/mol. The van der Waals surface area contributed by atoms with Crippen molar-refractivity contribution in [2.75, 3.05) is 0 Å². The second kappa shape index (κ2) is 4.21. The van der Waals surface area contributed by atoms with Gasteiger partial charge in [-0.3, -0.25) is 9.69 Å². The molecule has 4 heteroatoms. The number of nitrogens with zero attached hydrogens (tertiary/aromatic N) is 1. The van der Waals surface area contributed by atoms with Crippen LogP contribution in [0.25, 0.3) is 0 Å². The smallest absolute Gasteiger partial charge is 0.325 e. The van der Waals surface area contributed by atoms with Crippen LogP contribution in [0.15, 0.2) is 0 Å². The molecule has 1 aliphatic heterocycles.